The van der Waals surface area contributed by atoms with Gasteiger partial charge in [0.2, 0.25) is 0 Å². The van der Waals surface area contributed by atoms with Gasteiger partial charge in [0.05, 0.1) is 5.69 Å². The number of alkyl halides is 3. The van der Waals surface area contributed by atoms with Crippen LogP contribution in [-0.2, 0) is 12.7 Å². The maximum absolute atomic E-state index is 13.7. The van der Waals surface area contributed by atoms with Crippen molar-refractivity contribution in [2.45, 2.75) is 26.6 Å². The molecule has 10 heteroatoms. The van der Waals surface area contributed by atoms with Gasteiger partial charge in [-0.25, -0.2) is 9.07 Å². The number of hydrogen-bond donors (Lipinski definition) is 1. The highest BCUT2D eigenvalue weighted by Crippen LogP contribution is 2.33. The molecule has 2 aromatic carbocycles. The Bertz CT molecular complexity index is 1040. The van der Waals surface area contributed by atoms with E-state index in [9.17, 15) is 22.4 Å². The molecule has 31 heavy (non-hydrogen) atoms. The van der Waals surface area contributed by atoms with Crippen molar-refractivity contribution < 1.29 is 22.4 Å². The van der Waals surface area contributed by atoms with Crippen molar-refractivity contribution >= 4 is 11.6 Å². The number of nitrogens with one attached hydrogen (secondary N) is 1. The lowest BCUT2D eigenvalue weighted by atomic mass is 10.1. The fourth-order valence-electron chi connectivity index (χ4n) is 3.10. The maximum atomic E-state index is 13.7. The second kappa shape index (κ2) is 9.25. The van der Waals surface area contributed by atoms with Gasteiger partial charge in [0.15, 0.2) is 11.4 Å². The van der Waals surface area contributed by atoms with Gasteiger partial charge >= 0.3 is 6.18 Å². The molecule has 3 aromatic rings. The lowest BCUT2D eigenvalue weighted by Gasteiger charge is -2.18. The predicted octanol–water partition coefficient (Wildman–Crippen LogP) is 4.52. The van der Waals surface area contributed by atoms with E-state index in [-0.39, 0.29) is 5.69 Å². The Morgan fingerprint density at radius 1 is 1.10 bits per heavy atom. The summed E-state index contributed by atoms with van der Waals surface area (Å²) in [6, 6.07) is 11.1. The largest absolute Gasteiger partial charge is 0.435 e. The van der Waals surface area contributed by atoms with Crippen LogP contribution < -0.4 is 5.32 Å². The van der Waals surface area contributed by atoms with Crippen LogP contribution in [0.4, 0.5) is 23.2 Å². The molecule has 0 fully saturated rings. The van der Waals surface area contributed by atoms with Gasteiger partial charge in [0.1, 0.15) is 5.82 Å². The number of carbonyl (C=O) groups excluding carboxylic acids is 1. The van der Waals surface area contributed by atoms with Crippen molar-refractivity contribution in [3.05, 3.63) is 71.3 Å². The highest BCUT2D eigenvalue weighted by Gasteiger charge is 2.42. The van der Waals surface area contributed by atoms with Crippen molar-refractivity contribution in [3.8, 4) is 5.69 Å². The van der Waals surface area contributed by atoms with Gasteiger partial charge in [0.25, 0.3) is 5.91 Å². The number of anilines is 1. The van der Waals surface area contributed by atoms with E-state index >= 15 is 0 Å². The van der Waals surface area contributed by atoms with E-state index in [1.807, 2.05) is 19.9 Å². The molecule has 0 aliphatic heterocycles. The lowest BCUT2D eigenvalue weighted by Crippen LogP contribution is -2.22. The molecular formula is C21H21F4N5O. The predicted molar refractivity (Wildman–Crippen MR) is 107 cm³/mol. The number of carbonyl (C=O) groups is 1. The van der Waals surface area contributed by atoms with Crippen molar-refractivity contribution in [3.63, 3.8) is 0 Å². The molecule has 0 saturated heterocycles. The minimum Gasteiger partial charge on any atom is -0.321 e. The summed E-state index contributed by atoms with van der Waals surface area (Å²) < 4.78 is 54.8. The molecule has 3 rings (SSSR count). The molecule has 0 atom stereocenters. The van der Waals surface area contributed by atoms with Crippen molar-refractivity contribution in [1.29, 1.82) is 0 Å². The van der Waals surface area contributed by atoms with Crippen LogP contribution in [-0.4, -0.2) is 38.9 Å². The first-order valence-corrected chi connectivity index (χ1v) is 9.64. The minimum absolute atomic E-state index is 0.0681. The average Bonchev–Trinajstić information content (AvgIpc) is 3.19. The minimum atomic E-state index is -4.91. The monoisotopic (exact) mass is 435 g/mol. The van der Waals surface area contributed by atoms with E-state index in [1.165, 1.54) is 0 Å². The number of hydrogen-bond acceptors (Lipinski definition) is 4. The standard InChI is InChI=1S/C21H21F4N5O/c1-3-29(4-2)13-14-6-5-7-16(12-14)26-20(31)18-19(21(23,24)25)30(28-27-18)17-10-8-15(22)9-11-17/h5-12H,3-4,13H2,1-2H3,(H,26,31). The molecule has 1 heterocycles. The number of nitrogens with zero attached hydrogens (tertiary/aromatic N) is 4. The highest BCUT2D eigenvalue weighted by molar-refractivity contribution is 6.03. The zero-order valence-electron chi connectivity index (χ0n) is 16.9. The zero-order valence-corrected chi connectivity index (χ0v) is 16.9. The van der Waals surface area contributed by atoms with Crippen LogP contribution in [0, 0.1) is 5.82 Å². The summed E-state index contributed by atoms with van der Waals surface area (Å²) in [5, 5.41) is 9.40. The quantitative estimate of drug-likeness (QED) is 0.555. The van der Waals surface area contributed by atoms with Crippen LogP contribution in [0.25, 0.3) is 5.69 Å². The molecule has 0 unspecified atom stereocenters. The Kier molecular flexibility index (Phi) is 6.69. The van der Waals surface area contributed by atoms with Crippen LogP contribution >= 0.6 is 0 Å². The third kappa shape index (κ3) is 5.26. The summed E-state index contributed by atoms with van der Waals surface area (Å²) in [6.45, 7) is 6.38. The molecule has 0 saturated carbocycles. The van der Waals surface area contributed by atoms with Gasteiger partial charge in [-0.1, -0.05) is 31.2 Å². The third-order valence-electron chi connectivity index (χ3n) is 4.71. The van der Waals surface area contributed by atoms with Gasteiger partial charge in [-0.3, -0.25) is 9.69 Å². The van der Waals surface area contributed by atoms with E-state index in [0.717, 1.165) is 42.9 Å². The van der Waals surface area contributed by atoms with Gasteiger partial charge in [-0.15, -0.1) is 5.10 Å². The Morgan fingerprint density at radius 2 is 1.77 bits per heavy atom. The van der Waals surface area contributed by atoms with Crippen molar-refractivity contribution in [1.82, 2.24) is 19.9 Å². The van der Waals surface area contributed by atoms with E-state index in [2.05, 4.69) is 20.5 Å². The fraction of sp³-hybridized carbons (Fsp3) is 0.286. The summed E-state index contributed by atoms with van der Waals surface area (Å²) in [5.74, 6) is -1.65. The van der Waals surface area contributed by atoms with Gasteiger partial charge in [0, 0.05) is 12.2 Å². The molecular weight excluding hydrogens is 414 g/mol. The average molecular weight is 435 g/mol. The van der Waals surface area contributed by atoms with E-state index in [1.54, 1.807) is 18.2 Å². The van der Waals surface area contributed by atoms with Gasteiger partial charge in [-0.2, -0.15) is 13.2 Å². The maximum Gasteiger partial charge on any atom is 0.435 e. The first-order valence-electron chi connectivity index (χ1n) is 9.64. The van der Waals surface area contributed by atoms with E-state index in [4.69, 9.17) is 0 Å². The zero-order chi connectivity index (χ0) is 22.6. The third-order valence-corrected chi connectivity index (χ3v) is 4.71. The van der Waals surface area contributed by atoms with Crippen molar-refractivity contribution in [2.24, 2.45) is 0 Å². The number of halogens is 4. The first-order chi connectivity index (χ1) is 14.7. The van der Waals surface area contributed by atoms with E-state index in [0.29, 0.717) is 16.9 Å². The Balaban J connectivity index is 1.90. The molecule has 0 aliphatic carbocycles. The first kappa shape index (κ1) is 22.4. The van der Waals surface area contributed by atoms with Crippen LogP contribution in [0.2, 0.25) is 0 Å². The molecule has 0 bridgehead atoms. The summed E-state index contributed by atoms with van der Waals surface area (Å²) in [7, 11) is 0. The number of benzene rings is 2. The van der Waals surface area contributed by atoms with Gasteiger partial charge < -0.3 is 5.32 Å². The highest BCUT2D eigenvalue weighted by atomic mass is 19.4. The molecule has 1 amide bonds. The number of aromatic nitrogens is 3. The number of rotatable bonds is 7. The molecule has 1 N–H and O–H groups in total. The number of amides is 1. The van der Waals surface area contributed by atoms with Crippen molar-refractivity contribution in [2.75, 3.05) is 18.4 Å². The molecule has 1 aromatic heterocycles. The van der Waals surface area contributed by atoms with Crippen LogP contribution in [0.3, 0.4) is 0 Å². The molecule has 0 radical (unpaired) electrons. The molecule has 0 spiro atoms. The summed E-state index contributed by atoms with van der Waals surface area (Å²) in [6.07, 6.45) is -4.91. The Morgan fingerprint density at radius 3 is 2.39 bits per heavy atom. The van der Waals surface area contributed by atoms with Crippen LogP contribution in [0.15, 0.2) is 48.5 Å². The second-order valence-corrected chi connectivity index (χ2v) is 6.79. The smallest absolute Gasteiger partial charge is 0.321 e. The Hall–Kier alpha value is -3.27. The topological polar surface area (TPSA) is 63.1 Å². The lowest BCUT2D eigenvalue weighted by molar-refractivity contribution is -0.143. The Labute approximate surface area is 176 Å². The summed E-state index contributed by atoms with van der Waals surface area (Å²) >= 11 is 0. The SMILES string of the molecule is CCN(CC)Cc1cccc(NC(=O)c2nnn(-c3ccc(F)cc3)c2C(F)(F)F)c1. The van der Waals surface area contributed by atoms with E-state index < -0.39 is 29.3 Å². The fourth-order valence-corrected chi connectivity index (χ4v) is 3.10. The van der Waals surface area contributed by atoms with Gasteiger partial charge in [-0.05, 0) is 55.1 Å². The molecule has 0 aliphatic rings. The molecule has 6 nitrogen and oxygen atoms in total. The summed E-state index contributed by atoms with van der Waals surface area (Å²) in [5.41, 5.74) is -1.02. The summed E-state index contributed by atoms with van der Waals surface area (Å²) in [4.78, 5) is 14.8. The normalized spacial score (nSPS) is 11.7. The molecule has 164 valence electrons. The van der Waals surface area contributed by atoms with Crippen LogP contribution in [0.1, 0.15) is 35.6 Å². The second-order valence-electron chi connectivity index (χ2n) is 6.79. The van der Waals surface area contributed by atoms with Crippen LogP contribution in [0.5, 0.6) is 0 Å².